The summed E-state index contributed by atoms with van der Waals surface area (Å²) in [5.74, 6) is -0.208. The van der Waals surface area contributed by atoms with Crippen LogP contribution in [0.5, 0.6) is 17.2 Å². The Morgan fingerprint density at radius 3 is 2.35 bits per heavy atom. The van der Waals surface area contributed by atoms with Crippen molar-refractivity contribution in [2.45, 2.75) is 13.8 Å². The number of carbonyl (C=O) groups excluding carboxylic acids is 3. The summed E-state index contributed by atoms with van der Waals surface area (Å²) in [6.07, 6.45) is 1.35. The Kier molecular flexibility index (Phi) is 7.79. The standard InChI is InChI=1S/C28H25ClN2O6/c1-17-7-9-20(10-8-17)31-27(33)22(26(32)30-28(31)34)14-19-15-23(29)25(24(16-19)35-3)37-12-11-36-21-6-4-5-18(2)13-21/h4-10,13-16H,11-12H2,1-3H3,(H,30,32,34)/b22-14-. The third-order valence-electron chi connectivity index (χ3n) is 5.54. The van der Waals surface area contributed by atoms with E-state index in [1.54, 1.807) is 36.4 Å². The summed E-state index contributed by atoms with van der Waals surface area (Å²) >= 11 is 6.46. The molecule has 0 unspecified atom stereocenters. The highest BCUT2D eigenvalue weighted by atomic mass is 35.5. The number of ether oxygens (including phenoxy) is 3. The molecule has 1 fully saturated rings. The van der Waals surface area contributed by atoms with Crippen molar-refractivity contribution in [3.8, 4) is 17.2 Å². The number of nitrogens with zero attached hydrogens (tertiary/aromatic N) is 1. The summed E-state index contributed by atoms with van der Waals surface area (Å²) in [7, 11) is 1.45. The summed E-state index contributed by atoms with van der Waals surface area (Å²) in [5.41, 5.74) is 2.59. The maximum absolute atomic E-state index is 13.1. The smallest absolute Gasteiger partial charge is 0.335 e. The fourth-order valence-corrected chi connectivity index (χ4v) is 4.00. The Bertz CT molecular complexity index is 1380. The Balaban J connectivity index is 1.53. The van der Waals surface area contributed by atoms with Crippen LogP contribution in [0.15, 0.2) is 66.2 Å². The van der Waals surface area contributed by atoms with E-state index >= 15 is 0 Å². The zero-order valence-corrected chi connectivity index (χ0v) is 21.3. The van der Waals surface area contributed by atoms with Crippen LogP contribution in [-0.2, 0) is 9.59 Å². The van der Waals surface area contributed by atoms with Crippen LogP contribution in [0.2, 0.25) is 5.02 Å². The van der Waals surface area contributed by atoms with Crippen molar-refractivity contribution in [2.75, 3.05) is 25.2 Å². The number of methoxy groups -OCH3 is 1. The van der Waals surface area contributed by atoms with Crippen molar-refractivity contribution in [1.82, 2.24) is 5.32 Å². The first-order chi connectivity index (χ1) is 17.8. The highest BCUT2D eigenvalue weighted by Crippen LogP contribution is 2.37. The number of hydrogen-bond acceptors (Lipinski definition) is 6. The summed E-state index contributed by atoms with van der Waals surface area (Å²) in [5, 5.41) is 2.42. The van der Waals surface area contributed by atoms with E-state index in [-0.39, 0.29) is 23.8 Å². The van der Waals surface area contributed by atoms with Gasteiger partial charge in [0, 0.05) is 0 Å². The number of halogens is 1. The van der Waals surface area contributed by atoms with Gasteiger partial charge in [-0.25, -0.2) is 9.69 Å². The van der Waals surface area contributed by atoms with Crippen molar-refractivity contribution in [1.29, 1.82) is 0 Å². The third kappa shape index (κ3) is 5.92. The third-order valence-corrected chi connectivity index (χ3v) is 5.83. The fraction of sp³-hybridized carbons (Fsp3) is 0.179. The van der Waals surface area contributed by atoms with Gasteiger partial charge in [0.2, 0.25) is 0 Å². The van der Waals surface area contributed by atoms with Crippen LogP contribution in [0.1, 0.15) is 16.7 Å². The second-order valence-corrected chi connectivity index (χ2v) is 8.75. The molecule has 3 aromatic carbocycles. The molecule has 37 heavy (non-hydrogen) atoms. The summed E-state index contributed by atoms with van der Waals surface area (Å²) in [4.78, 5) is 39.0. The lowest BCUT2D eigenvalue weighted by Crippen LogP contribution is -2.54. The normalized spacial score (nSPS) is 14.5. The van der Waals surface area contributed by atoms with Gasteiger partial charge in [-0.2, -0.15) is 0 Å². The number of anilines is 1. The molecule has 8 nitrogen and oxygen atoms in total. The van der Waals surface area contributed by atoms with Gasteiger partial charge in [0.25, 0.3) is 11.8 Å². The molecule has 0 atom stereocenters. The number of hydrogen-bond donors (Lipinski definition) is 1. The number of nitrogens with one attached hydrogen (secondary N) is 1. The molecule has 9 heteroatoms. The number of benzene rings is 3. The average molecular weight is 521 g/mol. The number of aryl methyl sites for hydroxylation is 2. The number of barbiturate groups is 1. The molecule has 1 aliphatic heterocycles. The largest absolute Gasteiger partial charge is 0.493 e. The summed E-state index contributed by atoms with van der Waals surface area (Å²) in [6.45, 7) is 4.36. The van der Waals surface area contributed by atoms with E-state index in [9.17, 15) is 14.4 Å². The van der Waals surface area contributed by atoms with E-state index in [1.165, 1.54) is 13.2 Å². The number of amides is 4. The predicted molar refractivity (Wildman–Crippen MR) is 140 cm³/mol. The number of urea groups is 1. The lowest BCUT2D eigenvalue weighted by molar-refractivity contribution is -0.122. The Morgan fingerprint density at radius 1 is 0.919 bits per heavy atom. The fourth-order valence-electron chi connectivity index (χ4n) is 3.72. The maximum atomic E-state index is 13.1. The minimum absolute atomic E-state index is 0.207. The van der Waals surface area contributed by atoms with Crippen LogP contribution in [0.4, 0.5) is 10.5 Å². The van der Waals surface area contributed by atoms with Gasteiger partial charge >= 0.3 is 6.03 Å². The van der Waals surface area contributed by atoms with Gasteiger partial charge in [-0.1, -0.05) is 41.4 Å². The lowest BCUT2D eigenvalue weighted by atomic mass is 10.1. The SMILES string of the molecule is COc1cc(/C=C2/C(=O)NC(=O)N(c3ccc(C)cc3)C2=O)cc(Cl)c1OCCOc1cccc(C)c1. The molecule has 4 amide bonds. The molecule has 0 spiro atoms. The molecule has 1 saturated heterocycles. The van der Waals surface area contributed by atoms with Gasteiger partial charge in [-0.05, 0) is 67.4 Å². The van der Waals surface area contributed by atoms with Crippen molar-refractivity contribution in [3.63, 3.8) is 0 Å². The Labute approximate surface area is 219 Å². The van der Waals surface area contributed by atoms with Crippen LogP contribution in [0.25, 0.3) is 6.08 Å². The summed E-state index contributed by atoms with van der Waals surface area (Å²) in [6, 6.07) is 16.8. The molecule has 0 aliphatic carbocycles. The van der Waals surface area contributed by atoms with Crippen LogP contribution in [0.3, 0.4) is 0 Å². The van der Waals surface area contributed by atoms with Gasteiger partial charge in [0.1, 0.15) is 24.5 Å². The number of carbonyl (C=O) groups is 3. The number of imide groups is 2. The molecule has 4 rings (SSSR count). The first-order valence-electron chi connectivity index (χ1n) is 11.4. The minimum atomic E-state index is -0.816. The van der Waals surface area contributed by atoms with Gasteiger partial charge in [0.15, 0.2) is 11.5 Å². The second-order valence-electron chi connectivity index (χ2n) is 8.34. The summed E-state index contributed by atoms with van der Waals surface area (Å²) < 4.78 is 16.9. The second kappa shape index (κ2) is 11.2. The predicted octanol–water partition coefficient (Wildman–Crippen LogP) is 5.09. The van der Waals surface area contributed by atoms with E-state index < -0.39 is 17.8 Å². The Hall–Kier alpha value is -4.30. The monoisotopic (exact) mass is 520 g/mol. The highest BCUT2D eigenvalue weighted by molar-refractivity contribution is 6.39. The van der Waals surface area contributed by atoms with Crippen LogP contribution in [0, 0.1) is 13.8 Å². The van der Waals surface area contributed by atoms with Crippen molar-refractivity contribution in [2.24, 2.45) is 0 Å². The van der Waals surface area contributed by atoms with Gasteiger partial charge in [-0.3, -0.25) is 14.9 Å². The van der Waals surface area contributed by atoms with E-state index in [4.69, 9.17) is 25.8 Å². The molecule has 1 aliphatic rings. The molecular weight excluding hydrogens is 496 g/mol. The van der Waals surface area contributed by atoms with Crippen LogP contribution in [-0.4, -0.2) is 38.2 Å². The molecule has 0 bridgehead atoms. The highest BCUT2D eigenvalue weighted by Gasteiger charge is 2.36. The lowest BCUT2D eigenvalue weighted by Gasteiger charge is -2.26. The topological polar surface area (TPSA) is 94.2 Å². The average Bonchev–Trinajstić information content (AvgIpc) is 2.86. The van der Waals surface area contributed by atoms with Gasteiger partial charge in [-0.15, -0.1) is 0 Å². The number of rotatable bonds is 8. The van der Waals surface area contributed by atoms with E-state index in [2.05, 4.69) is 5.32 Å². The van der Waals surface area contributed by atoms with Crippen LogP contribution < -0.4 is 24.4 Å². The van der Waals surface area contributed by atoms with Crippen molar-refractivity contribution >= 4 is 41.2 Å². The van der Waals surface area contributed by atoms with E-state index in [1.807, 2.05) is 38.1 Å². The molecule has 1 N–H and O–H groups in total. The molecular formula is C28H25ClN2O6. The molecule has 3 aromatic rings. The Morgan fingerprint density at radius 2 is 1.65 bits per heavy atom. The van der Waals surface area contributed by atoms with E-state index in [0.717, 1.165) is 21.8 Å². The first kappa shape index (κ1) is 25.8. The maximum Gasteiger partial charge on any atom is 0.335 e. The molecule has 0 aromatic heterocycles. The van der Waals surface area contributed by atoms with Crippen molar-refractivity contribution < 1.29 is 28.6 Å². The van der Waals surface area contributed by atoms with Gasteiger partial charge < -0.3 is 14.2 Å². The molecule has 190 valence electrons. The molecule has 0 radical (unpaired) electrons. The zero-order valence-electron chi connectivity index (χ0n) is 20.5. The van der Waals surface area contributed by atoms with E-state index in [0.29, 0.717) is 22.7 Å². The van der Waals surface area contributed by atoms with Crippen molar-refractivity contribution in [3.05, 3.63) is 87.9 Å². The van der Waals surface area contributed by atoms with Gasteiger partial charge in [0.05, 0.1) is 17.8 Å². The first-order valence-corrected chi connectivity index (χ1v) is 11.8. The molecule has 0 saturated carbocycles. The zero-order chi connectivity index (χ0) is 26.5. The minimum Gasteiger partial charge on any atom is -0.493 e. The quantitative estimate of drug-likeness (QED) is 0.252. The van der Waals surface area contributed by atoms with Crippen LogP contribution >= 0.6 is 11.6 Å². The molecule has 1 heterocycles.